The second kappa shape index (κ2) is 8.21. The highest BCUT2D eigenvalue weighted by Gasteiger charge is 2.14. The summed E-state index contributed by atoms with van der Waals surface area (Å²) in [5, 5.41) is 9.43. The van der Waals surface area contributed by atoms with Crippen LogP contribution in [0, 0.1) is 11.3 Å². The highest BCUT2D eigenvalue weighted by atomic mass is 35.5. The predicted molar refractivity (Wildman–Crippen MR) is 79.5 cm³/mol. The van der Waals surface area contributed by atoms with Gasteiger partial charge in [-0.25, -0.2) is 0 Å². The molecule has 0 heterocycles. The Morgan fingerprint density at radius 1 is 1.30 bits per heavy atom. The molecule has 1 amide bonds. The van der Waals surface area contributed by atoms with E-state index in [9.17, 15) is 4.79 Å². The normalized spacial score (nSPS) is 9.95. The third-order valence-electron chi connectivity index (χ3n) is 2.55. The fraction of sp³-hybridized carbons (Fsp3) is 0.385. The molecule has 7 heteroatoms. The van der Waals surface area contributed by atoms with Gasteiger partial charge in [0.05, 0.1) is 27.6 Å². The van der Waals surface area contributed by atoms with E-state index in [0.29, 0.717) is 28.9 Å². The van der Waals surface area contributed by atoms with Crippen molar-refractivity contribution in [1.29, 1.82) is 5.26 Å². The van der Waals surface area contributed by atoms with Gasteiger partial charge in [0, 0.05) is 19.2 Å². The van der Waals surface area contributed by atoms with Gasteiger partial charge in [0.15, 0.2) is 6.61 Å². The van der Waals surface area contributed by atoms with E-state index < -0.39 is 0 Å². The number of ether oxygens (including phenoxy) is 1. The molecule has 20 heavy (non-hydrogen) atoms. The van der Waals surface area contributed by atoms with Crippen LogP contribution in [0.3, 0.4) is 0 Å². The Hall–Kier alpha value is -1.15. The monoisotopic (exact) mass is 334 g/mol. The molecule has 1 rings (SSSR count). The number of hydrogen-bond donors (Lipinski definition) is 0. The summed E-state index contributed by atoms with van der Waals surface area (Å²) in [5.74, 6) is 0.0793. The minimum atomic E-state index is -0.218. The lowest BCUT2D eigenvalue weighted by Gasteiger charge is -2.19. The van der Waals surface area contributed by atoms with Crippen LogP contribution in [0.5, 0.6) is 5.75 Å². The molecule has 0 radical (unpaired) electrons. The van der Waals surface area contributed by atoms with Crippen molar-refractivity contribution >= 4 is 40.7 Å². The molecule has 108 valence electrons. The molecule has 0 N–H and O–H groups in total. The topological polar surface area (TPSA) is 53.3 Å². The number of halogens is 3. The van der Waals surface area contributed by atoms with Crippen molar-refractivity contribution in [2.45, 2.75) is 13.3 Å². The third-order valence-corrected chi connectivity index (χ3v) is 3.57. The van der Waals surface area contributed by atoms with E-state index in [1.807, 2.05) is 13.0 Å². The first kappa shape index (κ1) is 16.9. The quantitative estimate of drug-likeness (QED) is 0.743. The lowest BCUT2D eigenvalue weighted by molar-refractivity contribution is -0.133. The largest absolute Gasteiger partial charge is 0.482 e. The molecule has 0 aliphatic heterocycles. The van der Waals surface area contributed by atoms with Gasteiger partial charge in [-0.1, -0.05) is 34.8 Å². The molecule has 0 atom stereocenters. The van der Waals surface area contributed by atoms with E-state index in [4.69, 9.17) is 44.8 Å². The van der Waals surface area contributed by atoms with Gasteiger partial charge in [0.25, 0.3) is 5.91 Å². The molecule has 0 unspecified atom stereocenters. The average Bonchev–Trinajstić information content (AvgIpc) is 2.42. The van der Waals surface area contributed by atoms with Crippen LogP contribution >= 0.6 is 34.8 Å². The van der Waals surface area contributed by atoms with E-state index in [2.05, 4.69) is 0 Å². The fourth-order valence-electron chi connectivity index (χ4n) is 1.49. The summed E-state index contributed by atoms with van der Waals surface area (Å²) < 4.78 is 5.35. The zero-order valence-electron chi connectivity index (χ0n) is 10.8. The summed E-state index contributed by atoms with van der Waals surface area (Å²) in [7, 11) is 0. The van der Waals surface area contributed by atoms with Gasteiger partial charge in [0.2, 0.25) is 0 Å². The first-order valence-corrected chi connectivity index (χ1v) is 7.05. The zero-order valence-corrected chi connectivity index (χ0v) is 13.1. The summed E-state index contributed by atoms with van der Waals surface area (Å²) in [6, 6.07) is 4.92. The van der Waals surface area contributed by atoms with Gasteiger partial charge < -0.3 is 9.64 Å². The molecule has 0 aliphatic rings. The molecule has 1 aromatic rings. The molecule has 1 aromatic carbocycles. The van der Waals surface area contributed by atoms with Crippen LogP contribution in [0.25, 0.3) is 0 Å². The van der Waals surface area contributed by atoms with Crippen molar-refractivity contribution in [2.24, 2.45) is 0 Å². The number of likely N-dealkylation sites (N-methyl/N-ethyl adjacent to an activating group) is 1. The van der Waals surface area contributed by atoms with Gasteiger partial charge in [-0.3, -0.25) is 4.79 Å². The predicted octanol–water partition coefficient (Wildman–Crippen LogP) is 3.79. The van der Waals surface area contributed by atoms with Crippen molar-refractivity contribution in [3.63, 3.8) is 0 Å². The smallest absolute Gasteiger partial charge is 0.260 e. The first-order chi connectivity index (χ1) is 9.49. The Morgan fingerprint density at radius 2 is 1.95 bits per heavy atom. The maximum atomic E-state index is 11.9. The van der Waals surface area contributed by atoms with E-state index in [0.717, 1.165) is 0 Å². The summed E-state index contributed by atoms with van der Waals surface area (Å²) in [5.41, 5.74) is 0. The lowest BCUT2D eigenvalue weighted by Crippen LogP contribution is -2.35. The van der Waals surface area contributed by atoms with Crippen LogP contribution in [-0.2, 0) is 4.79 Å². The van der Waals surface area contributed by atoms with Crippen LogP contribution in [0.1, 0.15) is 13.3 Å². The summed E-state index contributed by atoms with van der Waals surface area (Å²) in [4.78, 5) is 13.4. The zero-order chi connectivity index (χ0) is 15.1. The molecule has 0 fully saturated rings. The Labute approximate surface area is 132 Å². The number of carbonyl (C=O) groups is 1. The number of nitrogens with zero attached hydrogens (tertiary/aromatic N) is 2. The molecular formula is C13H13Cl3N2O2. The highest BCUT2D eigenvalue weighted by molar-refractivity contribution is 6.43. The van der Waals surface area contributed by atoms with E-state index >= 15 is 0 Å². The van der Waals surface area contributed by atoms with Crippen molar-refractivity contribution in [1.82, 2.24) is 4.90 Å². The number of nitriles is 1. The van der Waals surface area contributed by atoms with E-state index in [-0.39, 0.29) is 24.0 Å². The SMILES string of the molecule is CCN(CCC#N)C(=O)COc1cc(Cl)c(Cl)cc1Cl. The van der Waals surface area contributed by atoms with Crippen LogP contribution in [0.15, 0.2) is 12.1 Å². The first-order valence-electron chi connectivity index (χ1n) is 5.91. The van der Waals surface area contributed by atoms with Gasteiger partial charge in [-0.2, -0.15) is 5.26 Å². The summed E-state index contributed by atoms with van der Waals surface area (Å²) >= 11 is 17.6. The van der Waals surface area contributed by atoms with Gasteiger partial charge in [0.1, 0.15) is 5.75 Å². The van der Waals surface area contributed by atoms with E-state index in [1.54, 1.807) is 0 Å². The highest BCUT2D eigenvalue weighted by Crippen LogP contribution is 2.33. The Morgan fingerprint density at radius 3 is 2.55 bits per heavy atom. The second-order valence-corrected chi connectivity index (χ2v) is 5.09. The molecular weight excluding hydrogens is 323 g/mol. The fourth-order valence-corrected chi connectivity index (χ4v) is 2.08. The van der Waals surface area contributed by atoms with Gasteiger partial charge in [-0.05, 0) is 13.0 Å². The molecule has 0 aliphatic carbocycles. The van der Waals surface area contributed by atoms with Crippen molar-refractivity contribution in [2.75, 3.05) is 19.7 Å². The lowest BCUT2D eigenvalue weighted by atomic mass is 10.3. The number of hydrogen-bond acceptors (Lipinski definition) is 3. The number of amides is 1. The van der Waals surface area contributed by atoms with Crippen molar-refractivity contribution in [3.05, 3.63) is 27.2 Å². The Kier molecular flexibility index (Phi) is 6.94. The second-order valence-electron chi connectivity index (χ2n) is 3.87. The number of benzene rings is 1. The molecule has 0 saturated heterocycles. The van der Waals surface area contributed by atoms with Crippen LogP contribution < -0.4 is 4.74 Å². The van der Waals surface area contributed by atoms with Gasteiger partial charge >= 0.3 is 0 Å². The molecule has 0 spiro atoms. The van der Waals surface area contributed by atoms with E-state index in [1.165, 1.54) is 17.0 Å². The summed E-state index contributed by atoms with van der Waals surface area (Å²) in [6.07, 6.45) is 0.285. The molecule has 0 aromatic heterocycles. The maximum absolute atomic E-state index is 11.9. The Balaban J connectivity index is 2.65. The van der Waals surface area contributed by atoms with Crippen molar-refractivity contribution in [3.8, 4) is 11.8 Å². The van der Waals surface area contributed by atoms with Crippen LogP contribution in [-0.4, -0.2) is 30.5 Å². The minimum Gasteiger partial charge on any atom is -0.482 e. The minimum absolute atomic E-state index is 0.170. The summed E-state index contributed by atoms with van der Waals surface area (Å²) in [6.45, 7) is 2.56. The number of rotatable bonds is 6. The standard InChI is InChI=1S/C13H13Cl3N2O2/c1-2-18(5-3-4-17)13(19)8-20-12-7-10(15)9(14)6-11(12)16/h6-7H,2-3,5,8H2,1H3. The van der Waals surface area contributed by atoms with Gasteiger partial charge in [-0.15, -0.1) is 0 Å². The Bertz CT molecular complexity index is 529. The molecule has 0 bridgehead atoms. The number of carbonyl (C=O) groups excluding carboxylic acids is 1. The van der Waals surface area contributed by atoms with Crippen LogP contribution in [0.2, 0.25) is 15.1 Å². The average molecular weight is 336 g/mol. The third kappa shape index (κ3) is 4.75. The molecule has 0 saturated carbocycles. The van der Waals surface area contributed by atoms with Crippen LogP contribution in [0.4, 0.5) is 0 Å². The maximum Gasteiger partial charge on any atom is 0.260 e. The van der Waals surface area contributed by atoms with Crippen molar-refractivity contribution < 1.29 is 9.53 Å². The molecule has 4 nitrogen and oxygen atoms in total.